The van der Waals surface area contributed by atoms with E-state index in [9.17, 15) is 14.7 Å². The molecule has 33 heavy (non-hydrogen) atoms. The maximum absolute atomic E-state index is 12.3. The number of ketones is 1. The molecular weight excluding hydrogens is 430 g/mol. The molecule has 2 aromatic rings. The van der Waals surface area contributed by atoms with Gasteiger partial charge in [0, 0.05) is 12.0 Å². The Morgan fingerprint density at radius 1 is 0.909 bits per heavy atom. The number of hydrogen-bond acceptors (Lipinski definition) is 3. The third-order valence-electron chi connectivity index (χ3n) is 6.03. The van der Waals surface area contributed by atoms with E-state index in [4.69, 9.17) is 4.43 Å². The number of nitrogens with zero attached hydrogens (tertiary/aromatic N) is 1. The predicted octanol–water partition coefficient (Wildman–Crippen LogP) is 5.08. The Balaban J connectivity index is 2.60. The van der Waals surface area contributed by atoms with Gasteiger partial charge in [0.1, 0.15) is 5.78 Å². The first-order chi connectivity index (χ1) is 15.3. The van der Waals surface area contributed by atoms with Crippen molar-refractivity contribution in [2.24, 2.45) is 0 Å². The third kappa shape index (κ3) is 6.33. The molecule has 0 fully saturated rings. The second-order valence-corrected chi connectivity index (χ2v) is 15.0. The monoisotopic (exact) mass is 469 g/mol. The molecule has 2 rings (SSSR count). The molecule has 0 saturated heterocycles. The van der Waals surface area contributed by atoms with Crippen molar-refractivity contribution in [1.29, 1.82) is 0 Å². The van der Waals surface area contributed by atoms with Crippen LogP contribution in [0.1, 0.15) is 61.3 Å². The highest BCUT2D eigenvalue weighted by Crippen LogP contribution is 2.37. The summed E-state index contributed by atoms with van der Waals surface area (Å²) in [4.78, 5) is 25.5. The summed E-state index contributed by atoms with van der Waals surface area (Å²) in [5.74, 6) is 0.0460. The van der Waals surface area contributed by atoms with Crippen LogP contribution in [0.2, 0.25) is 5.04 Å². The molecule has 2 aromatic carbocycles. The summed E-state index contributed by atoms with van der Waals surface area (Å²) >= 11 is 0. The van der Waals surface area contributed by atoms with Crippen LogP contribution in [0.25, 0.3) is 0 Å². The lowest BCUT2D eigenvalue weighted by Gasteiger charge is -2.46. The van der Waals surface area contributed by atoms with E-state index in [1.54, 1.807) is 6.92 Å². The zero-order valence-corrected chi connectivity index (χ0v) is 22.1. The second kappa shape index (κ2) is 10.7. The fraction of sp³-hybridized carbons (Fsp3) is 0.481. The van der Waals surface area contributed by atoms with Crippen molar-refractivity contribution in [3.8, 4) is 0 Å². The van der Waals surface area contributed by atoms with E-state index in [1.807, 2.05) is 57.2 Å². The van der Waals surface area contributed by atoms with Crippen molar-refractivity contribution in [2.75, 3.05) is 6.61 Å². The maximum Gasteiger partial charge on any atom is 0.408 e. The van der Waals surface area contributed by atoms with Gasteiger partial charge in [-0.15, -0.1) is 0 Å². The van der Waals surface area contributed by atoms with Gasteiger partial charge in [0.25, 0.3) is 8.32 Å². The SMILES string of the molecule is CC(=O)CCC(CO[Si](c1ccccc1)(c1ccccc1)C(C)(C)C)N(C(=O)O)C(C)(C)C. The molecule has 0 radical (unpaired) electrons. The first kappa shape index (κ1) is 26.8. The molecule has 0 saturated carbocycles. The van der Waals surface area contributed by atoms with Gasteiger partial charge in [0.15, 0.2) is 0 Å². The smallest absolute Gasteiger partial charge is 0.408 e. The number of hydrogen-bond donors (Lipinski definition) is 1. The average molecular weight is 470 g/mol. The van der Waals surface area contributed by atoms with Crippen LogP contribution >= 0.6 is 0 Å². The normalized spacial score (nSPS) is 13.4. The van der Waals surface area contributed by atoms with Gasteiger partial charge in [-0.2, -0.15) is 0 Å². The minimum absolute atomic E-state index is 0.0460. The van der Waals surface area contributed by atoms with Crippen molar-refractivity contribution in [3.63, 3.8) is 0 Å². The zero-order chi connectivity index (χ0) is 24.9. The van der Waals surface area contributed by atoms with E-state index in [0.29, 0.717) is 12.8 Å². The van der Waals surface area contributed by atoms with E-state index in [0.717, 1.165) is 10.4 Å². The van der Waals surface area contributed by atoms with Crippen LogP contribution in [0, 0.1) is 0 Å². The Bertz CT molecular complexity index is 877. The molecule has 0 heterocycles. The van der Waals surface area contributed by atoms with Gasteiger partial charge in [-0.25, -0.2) is 4.79 Å². The van der Waals surface area contributed by atoms with Gasteiger partial charge >= 0.3 is 6.09 Å². The van der Waals surface area contributed by atoms with Gasteiger partial charge in [0.2, 0.25) is 0 Å². The molecule has 1 unspecified atom stereocenters. The summed E-state index contributed by atoms with van der Waals surface area (Å²) in [5.41, 5.74) is -0.623. The summed E-state index contributed by atoms with van der Waals surface area (Å²) in [5, 5.41) is 12.1. The Labute approximate surface area is 199 Å². The zero-order valence-electron chi connectivity index (χ0n) is 21.1. The average Bonchev–Trinajstić information content (AvgIpc) is 2.71. The number of carboxylic acid groups (broad SMARTS) is 1. The topological polar surface area (TPSA) is 66.8 Å². The first-order valence-corrected chi connectivity index (χ1v) is 13.5. The number of benzene rings is 2. The van der Waals surface area contributed by atoms with Crippen LogP contribution in [-0.2, 0) is 9.22 Å². The van der Waals surface area contributed by atoms with Crippen molar-refractivity contribution in [1.82, 2.24) is 4.90 Å². The summed E-state index contributed by atoms with van der Waals surface area (Å²) in [6.45, 7) is 14.0. The second-order valence-electron chi connectivity index (χ2n) is 10.7. The first-order valence-electron chi connectivity index (χ1n) is 11.6. The van der Waals surface area contributed by atoms with E-state index >= 15 is 0 Å². The van der Waals surface area contributed by atoms with Crippen molar-refractivity contribution in [3.05, 3.63) is 60.7 Å². The molecule has 1 amide bonds. The fourth-order valence-corrected chi connectivity index (χ4v) is 9.23. The predicted molar refractivity (Wildman–Crippen MR) is 137 cm³/mol. The number of Topliss-reactive ketones (excluding diaryl/α,β-unsaturated/α-hetero) is 1. The summed E-state index contributed by atoms with van der Waals surface area (Å²) in [7, 11) is -2.81. The van der Waals surface area contributed by atoms with Crippen LogP contribution in [0.15, 0.2) is 60.7 Å². The summed E-state index contributed by atoms with van der Waals surface area (Å²) in [6.07, 6.45) is -0.256. The van der Waals surface area contributed by atoms with Crippen LogP contribution < -0.4 is 10.4 Å². The quantitative estimate of drug-likeness (QED) is 0.520. The van der Waals surface area contributed by atoms with E-state index in [-0.39, 0.29) is 17.4 Å². The largest absolute Gasteiger partial charge is 0.465 e. The van der Waals surface area contributed by atoms with E-state index in [2.05, 4.69) is 45.0 Å². The Morgan fingerprint density at radius 3 is 1.70 bits per heavy atom. The minimum atomic E-state index is -2.81. The van der Waals surface area contributed by atoms with E-state index in [1.165, 1.54) is 4.90 Å². The molecule has 0 aromatic heterocycles. The molecular formula is C27H39NO4Si. The molecule has 180 valence electrons. The van der Waals surface area contributed by atoms with Gasteiger partial charge in [0.05, 0.1) is 12.6 Å². The lowest BCUT2D eigenvalue weighted by Crippen LogP contribution is -2.67. The van der Waals surface area contributed by atoms with Gasteiger partial charge in [-0.3, -0.25) is 4.90 Å². The maximum atomic E-state index is 12.3. The fourth-order valence-electron chi connectivity index (χ4n) is 4.63. The van der Waals surface area contributed by atoms with Crippen LogP contribution in [0.4, 0.5) is 4.79 Å². The Kier molecular flexibility index (Phi) is 8.66. The molecule has 0 aliphatic rings. The molecule has 1 atom stereocenters. The number of carbonyl (C=O) groups excluding carboxylic acids is 1. The summed E-state index contributed by atoms with van der Waals surface area (Å²) in [6, 6.07) is 20.1. The standard InChI is InChI=1S/C27H39NO4Si/c1-21(29)18-19-22(28(25(30)31)26(2,3)4)20-32-33(27(5,6)7,23-14-10-8-11-15-23)24-16-12-9-13-17-24/h8-17,22H,18-20H2,1-7H3,(H,30,31). The van der Waals surface area contributed by atoms with E-state index < -0.39 is 26.0 Å². The molecule has 5 nitrogen and oxygen atoms in total. The molecule has 0 spiro atoms. The highest BCUT2D eigenvalue weighted by atomic mass is 28.4. The van der Waals surface area contributed by atoms with Crippen molar-refractivity contribution in [2.45, 2.75) is 77.9 Å². The Hall–Kier alpha value is -2.44. The van der Waals surface area contributed by atoms with Crippen molar-refractivity contribution >= 4 is 30.6 Å². The van der Waals surface area contributed by atoms with Crippen LogP contribution in [0.5, 0.6) is 0 Å². The molecule has 0 bridgehead atoms. The van der Waals surface area contributed by atoms with Gasteiger partial charge in [-0.1, -0.05) is 81.4 Å². The molecule has 6 heteroatoms. The Morgan fingerprint density at radius 2 is 1.36 bits per heavy atom. The number of carbonyl (C=O) groups is 2. The van der Waals surface area contributed by atoms with Crippen LogP contribution in [0.3, 0.4) is 0 Å². The number of rotatable bonds is 9. The van der Waals surface area contributed by atoms with Crippen LogP contribution in [-0.4, -0.2) is 48.4 Å². The molecule has 0 aliphatic carbocycles. The number of amides is 1. The highest BCUT2D eigenvalue weighted by Gasteiger charge is 2.51. The highest BCUT2D eigenvalue weighted by molar-refractivity contribution is 6.99. The van der Waals surface area contributed by atoms with Crippen molar-refractivity contribution < 1.29 is 19.1 Å². The van der Waals surface area contributed by atoms with Gasteiger partial charge in [-0.05, 0) is 49.5 Å². The minimum Gasteiger partial charge on any atom is -0.465 e. The summed E-state index contributed by atoms with van der Waals surface area (Å²) < 4.78 is 7.01. The lowest BCUT2D eigenvalue weighted by molar-refractivity contribution is -0.117. The molecule has 0 aliphatic heterocycles. The molecule has 1 N–H and O–H groups in total. The van der Waals surface area contributed by atoms with Gasteiger partial charge < -0.3 is 14.3 Å². The third-order valence-corrected chi connectivity index (χ3v) is 11.0. The lowest BCUT2D eigenvalue weighted by atomic mass is 10.0.